The van der Waals surface area contributed by atoms with Crippen molar-refractivity contribution in [3.05, 3.63) is 77.2 Å². The van der Waals surface area contributed by atoms with Crippen molar-refractivity contribution in [2.45, 2.75) is 6.92 Å². The number of benzene rings is 2. The molecule has 1 aromatic heterocycles. The van der Waals surface area contributed by atoms with Crippen LogP contribution >= 0.6 is 11.3 Å². The van der Waals surface area contributed by atoms with Crippen LogP contribution in [0.25, 0.3) is 16.5 Å². The molecule has 3 aromatic rings. The standard InChI is InChI=1S/C21H16F2N2O2S/c1-13(26)24-14-6-9-18(23)19(12-14)25-21(27)11-8-15-7-10-20(28-15)16-4-2-3-5-17(16)22/h2-12H,1H3,(H,24,26)(H,25,27)/b11-8+. The number of anilines is 2. The molecule has 0 atom stereocenters. The second-order valence-corrected chi connectivity index (χ2v) is 7.00. The number of amides is 2. The van der Waals surface area contributed by atoms with E-state index in [0.717, 1.165) is 15.8 Å². The summed E-state index contributed by atoms with van der Waals surface area (Å²) in [6.07, 6.45) is 2.83. The van der Waals surface area contributed by atoms with Crippen LogP contribution in [0.4, 0.5) is 20.2 Å². The molecule has 2 N–H and O–H groups in total. The van der Waals surface area contributed by atoms with Crippen LogP contribution in [0, 0.1) is 11.6 Å². The predicted octanol–water partition coefficient (Wildman–Crippen LogP) is 5.30. The van der Waals surface area contributed by atoms with Crippen LogP contribution in [0.5, 0.6) is 0 Å². The summed E-state index contributed by atoms with van der Waals surface area (Å²) in [7, 11) is 0. The van der Waals surface area contributed by atoms with Gasteiger partial charge in [0.15, 0.2) is 0 Å². The zero-order chi connectivity index (χ0) is 20.1. The summed E-state index contributed by atoms with van der Waals surface area (Å²) in [5, 5.41) is 4.96. The van der Waals surface area contributed by atoms with Gasteiger partial charge in [0.05, 0.1) is 5.69 Å². The van der Waals surface area contributed by atoms with Gasteiger partial charge in [-0.1, -0.05) is 18.2 Å². The average Bonchev–Trinajstić information content (AvgIpc) is 3.11. The topological polar surface area (TPSA) is 58.2 Å². The SMILES string of the molecule is CC(=O)Nc1ccc(F)c(NC(=O)/C=C/c2ccc(-c3ccccc3F)s2)c1. The second kappa shape index (κ2) is 8.58. The molecule has 0 spiro atoms. The van der Waals surface area contributed by atoms with Crippen LogP contribution in [0.2, 0.25) is 0 Å². The van der Waals surface area contributed by atoms with E-state index >= 15 is 0 Å². The lowest BCUT2D eigenvalue weighted by Gasteiger charge is -2.07. The number of carbonyl (C=O) groups excluding carboxylic acids is 2. The average molecular weight is 398 g/mol. The molecule has 28 heavy (non-hydrogen) atoms. The van der Waals surface area contributed by atoms with Gasteiger partial charge < -0.3 is 10.6 Å². The first-order chi connectivity index (χ1) is 13.4. The maximum absolute atomic E-state index is 13.9. The third-order valence-electron chi connectivity index (χ3n) is 3.71. The highest BCUT2D eigenvalue weighted by molar-refractivity contribution is 7.16. The molecular formula is C21H16F2N2O2S. The first kappa shape index (κ1) is 19.4. The minimum absolute atomic E-state index is 0.0425. The molecule has 0 bridgehead atoms. The second-order valence-electron chi connectivity index (χ2n) is 5.88. The molecule has 142 valence electrons. The molecule has 0 saturated carbocycles. The maximum atomic E-state index is 13.9. The number of halogens is 2. The molecule has 1 heterocycles. The number of hydrogen-bond donors (Lipinski definition) is 2. The van der Waals surface area contributed by atoms with Gasteiger partial charge in [-0.3, -0.25) is 9.59 Å². The fourth-order valence-electron chi connectivity index (χ4n) is 2.48. The number of thiophene rings is 1. The molecule has 0 aliphatic carbocycles. The largest absolute Gasteiger partial charge is 0.326 e. The Morgan fingerprint density at radius 3 is 2.50 bits per heavy atom. The number of carbonyl (C=O) groups is 2. The fourth-order valence-corrected chi connectivity index (χ4v) is 3.42. The van der Waals surface area contributed by atoms with Gasteiger partial charge in [-0.2, -0.15) is 0 Å². The maximum Gasteiger partial charge on any atom is 0.248 e. The molecule has 2 amide bonds. The summed E-state index contributed by atoms with van der Waals surface area (Å²) in [4.78, 5) is 24.7. The summed E-state index contributed by atoms with van der Waals surface area (Å²) in [5.41, 5.74) is 0.827. The van der Waals surface area contributed by atoms with E-state index in [0.29, 0.717) is 11.3 Å². The van der Waals surface area contributed by atoms with Crippen molar-refractivity contribution < 1.29 is 18.4 Å². The van der Waals surface area contributed by atoms with Crippen LogP contribution in [-0.4, -0.2) is 11.8 Å². The lowest BCUT2D eigenvalue weighted by atomic mass is 10.2. The molecule has 0 aliphatic rings. The van der Waals surface area contributed by atoms with Crippen molar-refractivity contribution in [3.63, 3.8) is 0 Å². The smallest absolute Gasteiger partial charge is 0.248 e. The Labute approximate surface area is 164 Å². The Kier molecular flexibility index (Phi) is 5.96. The van der Waals surface area contributed by atoms with Gasteiger partial charge in [0.1, 0.15) is 11.6 Å². The van der Waals surface area contributed by atoms with E-state index in [1.165, 1.54) is 42.5 Å². The van der Waals surface area contributed by atoms with E-state index in [1.54, 1.807) is 36.4 Å². The highest BCUT2D eigenvalue weighted by Gasteiger charge is 2.08. The molecule has 0 radical (unpaired) electrons. The quantitative estimate of drug-likeness (QED) is 0.573. The molecule has 4 nitrogen and oxygen atoms in total. The molecule has 7 heteroatoms. The zero-order valence-electron chi connectivity index (χ0n) is 14.8. The van der Waals surface area contributed by atoms with E-state index in [2.05, 4.69) is 10.6 Å². The van der Waals surface area contributed by atoms with Crippen molar-refractivity contribution in [3.8, 4) is 10.4 Å². The van der Waals surface area contributed by atoms with Crippen LogP contribution in [0.1, 0.15) is 11.8 Å². The predicted molar refractivity (Wildman–Crippen MR) is 108 cm³/mol. The Balaban J connectivity index is 1.70. The highest BCUT2D eigenvalue weighted by Crippen LogP contribution is 2.30. The van der Waals surface area contributed by atoms with Crippen molar-refractivity contribution in [2.75, 3.05) is 10.6 Å². The lowest BCUT2D eigenvalue weighted by Crippen LogP contribution is -2.11. The summed E-state index contributed by atoms with van der Waals surface area (Å²) < 4.78 is 27.7. The Morgan fingerprint density at radius 2 is 1.75 bits per heavy atom. The van der Waals surface area contributed by atoms with Crippen molar-refractivity contribution in [2.24, 2.45) is 0 Å². The molecule has 3 rings (SSSR count). The minimum atomic E-state index is -0.617. The van der Waals surface area contributed by atoms with E-state index in [-0.39, 0.29) is 17.4 Å². The van der Waals surface area contributed by atoms with Crippen LogP contribution in [-0.2, 0) is 9.59 Å². The summed E-state index contributed by atoms with van der Waals surface area (Å²) in [6, 6.07) is 13.9. The molecule has 0 aliphatic heterocycles. The summed E-state index contributed by atoms with van der Waals surface area (Å²) in [6.45, 7) is 1.33. The number of hydrogen-bond acceptors (Lipinski definition) is 3. The first-order valence-electron chi connectivity index (χ1n) is 8.33. The molecule has 2 aromatic carbocycles. The normalized spacial score (nSPS) is 10.8. The molecular weight excluding hydrogens is 382 g/mol. The molecule has 0 saturated heterocycles. The van der Waals surface area contributed by atoms with E-state index in [1.807, 2.05) is 0 Å². The molecule has 0 unspecified atom stereocenters. The number of rotatable bonds is 5. The van der Waals surface area contributed by atoms with Gasteiger partial charge in [-0.05, 0) is 42.5 Å². The highest BCUT2D eigenvalue weighted by atomic mass is 32.1. The van der Waals surface area contributed by atoms with Crippen LogP contribution in [0.3, 0.4) is 0 Å². The Bertz CT molecular complexity index is 1060. The van der Waals surface area contributed by atoms with E-state index < -0.39 is 11.7 Å². The zero-order valence-corrected chi connectivity index (χ0v) is 15.6. The number of nitrogens with one attached hydrogen (secondary N) is 2. The molecule has 0 fully saturated rings. The summed E-state index contributed by atoms with van der Waals surface area (Å²) in [5.74, 6) is -1.76. The fraction of sp³-hybridized carbons (Fsp3) is 0.0476. The van der Waals surface area contributed by atoms with Gasteiger partial charge in [-0.25, -0.2) is 8.78 Å². The van der Waals surface area contributed by atoms with Gasteiger partial charge in [0, 0.05) is 34.0 Å². The summed E-state index contributed by atoms with van der Waals surface area (Å²) >= 11 is 1.33. The van der Waals surface area contributed by atoms with Gasteiger partial charge in [-0.15, -0.1) is 11.3 Å². The minimum Gasteiger partial charge on any atom is -0.326 e. The van der Waals surface area contributed by atoms with E-state index in [9.17, 15) is 18.4 Å². The monoisotopic (exact) mass is 398 g/mol. The Morgan fingerprint density at radius 1 is 0.964 bits per heavy atom. The third-order valence-corrected chi connectivity index (χ3v) is 4.79. The van der Waals surface area contributed by atoms with Crippen molar-refractivity contribution >= 4 is 40.6 Å². The lowest BCUT2D eigenvalue weighted by molar-refractivity contribution is -0.114. The van der Waals surface area contributed by atoms with Crippen LogP contribution in [0.15, 0.2) is 60.7 Å². The van der Waals surface area contributed by atoms with Gasteiger partial charge >= 0.3 is 0 Å². The van der Waals surface area contributed by atoms with E-state index in [4.69, 9.17) is 0 Å². The third kappa shape index (κ3) is 4.89. The first-order valence-corrected chi connectivity index (χ1v) is 9.15. The Hall–Kier alpha value is -3.32. The van der Waals surface area contributed by atoms with Crippen LogP contribution < -0.4 is 10.6 Å². The van der Waals surface area contributed by atoms with Crippen molar-refractivity contribution in [1.29, 1.82) is 0 Å². The van der Waals surface area contributed by atoms with Crippen molar-refractivity contribution in [1.82, 2.24) is 0 Å². The van der Waals surface area contributed by atoms with Gasteiger partial charge in [0.2, 0.25) is 11.8 Å². The van der Waals surface area contributed by atoms with Gasteiger partial charge in [0.25, 0.3) is 0 Å².